The summed E-state index contributed by atoms with van der Waals surface area (Å²) in [6.45, 7) is 8.61. The van der Waals surface area contributed by atoms with E-state index in [4.69, 9.17) is 14.5 Å². The number of likely N-dealkylation sites (N-methyl/N-ethyl adjacent to an activating group) is 1. The summed E-state index contributed by atoms with van der Waals surface area (Å²) in [4.78, 5) is 46.4. The van der Waals surface area contributed by atoms with E-state index in [-0.39, 0.29) is 66.7 Å². The Bertz CT molecular complexity index is 1730. The third kappa shape index (κ3) is 4.74. The smallest absolute Gasteiger partial charge is 0.343 e. The number of hydrogen-bond acceptors (Lipinski definition) is 8. The quantitative estimate of drug-likeness (QED) is 0.300. The van der Waals surface area contributed by atoms with Gasteiger partial charge in [-0.1, -0.05) is 6.92 Å². The van der Waals surface area contributed by atoms with E-state index in [0.29, 0.717) is 48.5 Å². The average Bonchev–Trinajstić information content (AvgIpc) is 3.32. The number of nitrogens with one attached hydrogen (secondary N) is 1. The second-order valence-electron chi connectivity index (χ2n) is 12.1. The molecule has 11 heteroatoms. The number of hydrogen-bond donors (Lipinski definition) is 2. The minimum Gasteiger partial charge on any atom is -0.458 e. The molecule has 2 aromatic heterocycles. The van der Waals surface area contributed by atoms with Crippen LogP contribution in [0.1, 0.15) is 73.0 Å². The molecule has 43 heavy (non-hydrogen) atoms. The lowest BCUT2D eigenvalue weighted by Crippen LogP contribution is -2.44. The molecule has 0 fully saturated rings. The van der Waals surface area contributed by atoms with Crippen molar-refractivity contribution in [1.82, 2.24) is 19.8 Å². The van der Waals surface area contributed by atoms with E-state index in [9.17, 15) is 19.5 Å². The van der Waals surface area contributed by atoms with Gasteiger partial charge in [-0.05, 0) is 69.8 Å². The number of halogens is 1. The van der Waals surface area contributed by atoms with E-state index in [1.165, 1.54) is 6.07 Å². The largest absolute Gasteiger partial charge is 0.458 e. The van der Waals surface area contributed by atoms with Crippen LogP contribution in [0, 0.1) is 12.7 Å². The second-order valence-corrected chi connectivity index (χ2v) is 12.1. The Labute approximate surface area is 248 Å². The van der Waals surface area contributed by atoms with Crippen LogP contribution < -0.4 is 10.9 Å². The first kappa shape index (κ1) is 29.4. The number of aliphatic hydroxyl groups is 1. The van der Waals surface area contributed by atoms with Gasteiger partial charge < -0.3 is 24.5 Å². The summed E-state index contributed by atoms with van der Waals surface area (Å²) < 4.78 is 27.5. The zero-order valence-electron chi connectivity index (χ0n) is 25.2. The van der Waals surface area contributed by atoms with Gasteiger partial charge in [0.2, 0.25) is 5.91 Å². The first-order valence-corrected chi connectivity index (χ1v) is 14.9. The van der Waals surface area contributed by atoms with Gasteiger partial charge in [-0.25, -0.2) is 14.2 Å². The van der Waals surface area contributed by atoms with Crippen LogP contribution in [0.25, 0.3) is 22.3 Å². The molecule has 0 saturated carbocycles. The molecule has 3 aromatic rings. The average molecular weight is 593 g/mol. The van der Waals surface area contributed by atoms with Crippen molar-refractivity contribution in [2.24, 2.45) is 0 Å². The van der Waals surface area contributed by atoms with Crippen LogP contribution >= 0.6 is 0 Å². The molecular weight excluding hydrogens is 555 g/mol. The molecule has 1 aliphatic carbocycles. The Kier molecular flexibility index (Phi) is 7.38. The van der Waals surface area contributed by atoms with Gasteiger partial charge in [0.05, 0.1) is 54.3 Å². The summed E-state index contributed by atoms with van der Waals surface area (Å²) in [6, 6.07) is 2.68. The number of aryl methyl sites for hydroxylation is 1. The molecule has 0 unspecified atom stereocenters. The molecule has 1 amide bonds. The number of ether oxygens (including phenoxy) is 2. The highest BCUT2D eigenvalue weighted by Crippen LogP contribution is 2.45. The third-order valence-corrected chi connectivity index (χ3v) is 9.05. The highest BCUT2D eigenvalue weighted by Gasteiger charge is 2.46. The van der Waals surface area contributed by atoms with Gasteiger partial charge in [0.1, 0.15) is 12.4 Å². The SMILES string of the molecule is CC[C@@]1(O)C(=O)OCc2c1cc1n(c2=O)Cc2c-1nc1cc(F)c(C)c3c1c2[C@@H](NC(=O)CN(C)CCOC(C)C)CC3. The van der Waals surface area contributed by atoms with Crippen LogP contribution in [0.5, 0.6) is 0 Å². The van der Waals surface area contributed by atoms with Crippen LogP contribution in [0.2, 0.25) is 0 Å². The highest BCUT2D eigenvalue weighted by molar-refractivity contribution is 5.94. The lowest BCUT2D eigenvalue weighted by atomic mass is 9.81. The Morgan fingerprint density at radius 1 is 1.30 bits per heavy atom. The molecule has 2 aliphatic heterocycles. The fourth-order valence-electron chi connectivity index (χ4n) is 6.71. The van der Waals surface area contributed by atoms with Crippen molar-refractivity contribution in [2.45, 2.75) is 77.9 Å². The molecule has 0 spiro atoms. The molecule has 0 saturated heterocycles. The number of rotatable bonds is 8. The van der Waals surface area contributed by atoms with Gasteiger partial charge in [0.25, 0.3) is 5.56 Å². The lowest BCUT2D eigenvalue weighted by molar-refractivity contribution is -0.172. The van der Waals surface area contributed by atoms with Gasteiger partial charge in [-0.2, -0.15) is 0 Å². The Morgan fingerprint density at radius 2 is 2.07 bits per heavy atom. The maximum absolute atomic E-state index is 15.1. The van der Waals surface area contributed by atoms with Crippen molar-refractivity contribution in [3.05, 3.63) is 61.7 Å². The van der Waals surface area contributed by atoms with Crippen molar-refractivity contribution in [1.29, 1.82) is 0 Å². The Balaban J connectivity index is 1.45. The van der Waals surface area contributed by atoms with Gasteiger partial charge in [-0.15, -0.1) is 0 Å². The standard InChI is InChI=1S/C32H37FN4O6/c1-6-32(41)21-11-25-29-19(13-37(25)30(39)20(21)15-43-31(32)40)28-23(34-26(38)14-36(5)9-10-42-16(2)3)8-7-18-17(4)22(33)12-24(35-29)27(18)28/h11-12,16,23,41H,6-10,13-15H2,1-5H3,(H,34,38)/t23-,32-/m0/s1. The van der Waals surface area contributed by atoms with Crippen LogP contribution in [-0.2, 0) is 44.2 Å². The number of pyridine rings is 2. The summed E-state index contributed by atoms with van der Waals surface area (Å²) in [7, 11) is 1.87. The number of benzene rings is 1. The second kappa shape index (κ2) is 10.8. The molecule has 4 heterocycles. The number of cyclic esters (lactones) is 1. The zero-order valence-corrected chi connectivity index (χ0v) is 25.2. The van der Waals surface area contributed by atoms with Crippen LogP contribution in [-0.4, -0.2) is 64.3 Å². The number of esters is 1. The molecule has 228 valence electrons. The Morgan fingerprint density at radius 3 is 2.79 bits per heavy atom. The van der Waals surface area contributed by atoms with E-state index in [1.807, 2.05) is 25.8 Å². The summed E-state index contributed by atoms with van der Waals surface area (Å²) in [5, 5.41) is 15.2. The first-order chi connectivity index (χ1) is 20.4. The van der Waals surface area contributed by atoms with Gasteiger partial charge >= 0.3 is 5.97 Å². The molecule has 0 bridgehead atoms. The fourth-order valence-corrected chi connectivity index (χ4v) is 6.71. The number of nitrogens with zero attached hydrogens (tertiary/aromatic N) is 3. The summed E-state index contributed by atoms with van der Waals surface area (Å²) >= 11 is 0. The summed E-state index contributed by atoms with van der Waals surface area (Å²) in [5.74, 6) is -1.31. The van der Waals surface area contributed by atoms with Crippen LogP contribution in [0.3, 0.4) is 0 Å². The van der Waals surface area contributed by atoms with Crippen molar-refractivity contribution in [2.75, 3.05) is 26.7 Å². The van der Waals surface area contributed by atoms with Gasteiger partial charge in [0, 0.05) is 29.1 Å². The number of fused-ring (bicyclic) bond motifs is 5. The minimum atomic E-state index is -1.95. The van der Waals surface area contributed by atoms with E-state index in [2.05, 4.69) is 5.32 Å². The zero-order chi connectivity index (χ0) is 30.8. The van der Waals surface area contributed by atoms with E-state index in [1.54, 1.807) is 24.5 Å². The van der Waals surface area contributed by atoms with Crippen molar-refractivity contribution < 1.29 is 28.6 Å². The summed E-state index contributed by atoms with van der Waals surface area (Å²) in [6.07, 6.45) is 1.28. The van der Waals surface area contributed by atoms with Crippen LogP contribution in [0.15, 0.2) is 16.9 Å². The Hall–Kier alpha value is -3.67. The molecule has 2 atom stereocenters. The molecule has 10 nitrogen and oxygen atoms in total. The molecule has 6 rings (SSSR count). The number of amides is 1. The minimum absolute atomic E-state index is 0.0327. The predicted molar refractivity (Wildman–Crippen MR) is 157 cm³/mol. The maximum atomic E-state index is 15.1. The number of aromatic nitrogens is 2. The first-order valence-electron chi connectivity index (χ1n) is 14.9. The van der Waals surface area contributed by atoms with E-state index in [0.717, 1.165) is 22.1 Å². The van der Waals surface area contributed by atoms with Crippen molar-refractivity contribution >= 4 is 22.8 Å². The lowest BCUT2D eigenvalue weighted by Gasteiger charge is -2.31. The molecule has 1 aromatic carbocycles. The predicted octanol–water partition coefficient (Wildman–Crippen LogP) is 2.99. The fraction of sp³-hybridized carbons (Fsp3) is 0.500. The normalized spacial score (nSPS) is 20.3. The highest BCUT2D eigenvalue weighted by atomic mass is 19.1. The van der Waals surface area contributed by atoms with E-state index < -0.39 is 11.6 Å². The topological polar surface area (TPSA) is 123 Å². The molecular formula is C32H37FN4O6. The van der Waals surface area contributed by atoms with Crippen molar-refractivity contribution in [3.8, 4) is 11.4 Å². The summed E-state index contributed by atoms with van der Waals surface area (Å²) in [5.41, 5.74) is 2.52. The maximum Gasteiger partial charge on any atom is 0.343 e. The number of carbonyl (C=O) groups is 2. The molecule has 0 radical (unpaired) electrons. The third-order valence-electron chi connectivity index (χ3n) is 9.05. The monoisotopic (exact) mass is 592 g/mol. The van der Waals surface area contributed by atoms with Gasteiger partial charge in [0.15, 0.2) is 5.60 Å². The number of carbonyl (C=O) groups excluding carboxylic acids is 2. The van der Waals surface area contributed by atoms with Crippen molar-refractivity contribution in [3.63, 3.8) is 0 Å². The van der Waals surface area contributed by atoms with E-state index >= 15 is 4.39 Å². The van der Waals surface area contributed by atoms with Gasteiger partial charge in [-0.3, -0.25) is 14.5 Å². The molecule has 3 aliphatic rings. The van der Waals surface area contributed by atoms with Crippen LogP contribution in [0.4, 0.5) is 4.39 Å². The molecule has 2 N–H and O–H groups in total.